The molecule has 0 amide bonds. The number of aryl methyl sites for hydroxylation is 1. The second-order valence-electron chi connectivity index (χ2n) is 3.71. The van der Waals surface area contributed by atoms with Crippen molar-refractivity contribution in [2.45, 2.75) is 6.92 Å². The zero-order valence-electron chi connectivity index (χ0n) is 9.27. The Hall–Kier alpha value is -1.04. The van der Waals surface area contributed by atoms with E-state index in [2.05, 4.69) is 27.6 Å². The van der Waals surface area contributed by atoms with Crippen LogP contribution in [0.2, 0.25) is 0 Å². The van der Waals surface area contributed by atoms with Gasteiger partial charge >= 0.3 is 0 Å². The number of nitrogens with zero attached hydrogens (tertiary/aromatic N) is 2. The summed E-state index contributed by atoms with van der Waals surface area (Å²) < 4.78 is 7.55. The van der Waals surface area contributed by atoms with Gasteiger partial charge < -0.3 is 9.64 Å². The van der Waals surface area contributed by atoms with Gasteiger partial charge in [-0.25, -0.2) is 0 Å². The van der Waals surface area contributed by atoms with Gasteiger partial charge in [-0.1, -0.05) is 18.2 Å². The van der Waals surface area contributed by atoms with Crippen molar-refractivity contribution in [3.05, 3.63) is 39.7 Å². The lowest BCUT2D eigenvalue weighted by Crippen LogP contribution is -2.19. The number of benzene rings is 1. The van der Waals surface area contributed by atoms with E-state index >= 15 is 0 Å². The molecular weight excluding hydrogens is 315 g/mol. The van der Waals surface area contributed by atoms with Crippen LogP contribution in [0.4, 0.5) is 5.69 Å². The number of hydrogen-bond donors (Lipinski definition) is 0. The normalized spacial score (nSPS) is 20.6. The maximum atomic E-state index is 5.61. The molecule has 1 heterocycles. The fourth-order valence-corrected chi connectivity index (χ4v) is 1.81. The van der Waals surface area contributed by atoms with Gasteiger partial charge in [0.25, 0.3) is 6.02 Å². The highest BCUT2D eigenvalue weighted by molar-refractivity contribution is 14.1. The predicted molar refractivity (Wildman–Crippen MR) is 74.1 cm³/mol. The fraction of sp³-hybridized carbons (Fsp3) is 0.250. The molecule has 1 aromatic rings. The molecule has 0 radical (unpaired) electrons. The van der Waals surface area contributed by atoms with Gasteiger partial charge in [-0.2, -0.15) is 4.99 Å². The summed E-state index contributed by atoms with van der Waals surface area (Å²) in [6, 6.07) is 8.69. The Morgan fingerprint density at radius 2 is 2.19 bits per heavy atom. The topological polar surface area (TPSA) is 24.8 Å². The van der Waals surface area contributed by atoms with E-state index in [1.165, 1.54) is 0 Å². The van der Waals surface area contributed by atoms with Crippen LogP contribution in [0.1, 0.15) is 5.56 Å². The maximum absolute atomic E-state index is 5.61. The van der Waals surface area contributed by atoms with Gasteiger partial charge in [-0.3, -0.25) is 0 Å². The Morgan fingerprint density at radius 1 is 1.44 bits per heavy atom. The van der Waals surface area contributed by atoms with Crippen molar-refractivity contribution in [1.29, 1.82) is 0 Å². The Morgan fingerprint density at radius 3 is 2.81 bits per heavy atom. The van der Waals surface area contributed by atoms with Crippen LogP contribution in [-0.2, 0) is 4.74 Å². The predicted octanol–water partition coefficient (Wildman–Crippen LogP) is 3.22. The number of likely N-dealkylation sites (N-methyl/N-ethyl adjacent to an activating group) is 1. The minimum Gasteiger partial charge on any atom is -0.428 e. The van der Waals surface area contributed by atoms with Crippen LogP contribution in [0.25, 0.3) is 0 Å². The van der Waals surface area contributed by atoms with Gasteiger partial charge in [0.05, 0.1) is 12.2 Å². The van der Waals surface area contributed by atoms with Crippen LogP contribution in [-0.4, -0.2) is 24.5 Å². The molecule has 1 saturated heterocycles. The standard InChI is InChI=1S/C12H13IN2O/c1-9-5-3-4-6-11(9)14-12-15(2)8-10(7-13)16-12/h3-7H,8H2,1-2H3/b10-7-,14-12?. The largest absolute Gasteiger partial charge is 0.428 e. The molecule has 1 aliphatic heterocycles. The monoisotopic (exact) mass is 328 g/mol. The summed E-state index contributed by atoms with van der Waals surface area (Å²) in [6.07, 6.45) is 0. The van der Waals surface area contributed by atoms with E-state index in [0.717, 1.165) is 23.6 Å². The number of amidine groups is 1. The molecule has 0 aromatic heterocycles. The molecule has 0 N–H and O–H groups in total. The lowest BCUT2D eigenvalue weighted by molar-refractivity contribution is 0.434. The first-order valence-corrected chi connectivity index (χ1v) is 6.28. The summed E-state index contributed by atoms with van der Waals surface area (Å²) in [6.45, 7) is 2.83. The molecule has 0 unspecified atom stereocenters. The number of hydrogen-bond acceptors (Lipinski definition) is 2. The number of ether oxygens (including phenoxy) is 1. The number of aliphatic imine (C=N–C) groups is 1. The summed E-state index contributed by atoms with van der Waals surface area (Å²) in [5.41, 5.74) is 2.11. The molecule has 3 nitrogen and oxygen atoms in total. The van der Waals surface area contributed by atoms with Crippen LogP contribution in [0.15, 0.2) is 39.1 Å². The van der Waals surface area contributed by atoms with Crippen LogP contribution in [0.3, 0.4) is 0 Å². The Kier molecular flexibility index (Phi) is 3.48. The van der Waals surface area contributed by atoms with Crippen molar-refractivity contribution in [1.82, 2.24) is 4.90 Å². The highest BCUT2D eigenvalue weighted by atomic mass is 127. The number of rotatable bonds is 1. The molecule has 0 atom stereocenters. The van der Waals surface area contributed by atoms with E-state index in [1.807, 2.05) is 47.2 Å². The third-order valence-electron chi connectivity index (χ3n) is 2.40. The summed E-state index contributed by atoms with van der Waals surface area (Å²) in [5, 5.41) is 0. The van der Waals surface area contributed by atoms with E-state index in [1.54, 1.807) is 0 Å². The lowest BCUT2D eigenvalue weighted by Gasteiger charge is -2.07. The van der Waals surface area contributed by atoms with Gasteiger partial charge in [0, 0.05) is 11.1 Å². The van der Waals surface area contributed by atoms with E-state index < -0.39 is 0 Å². The summed E-state index contributed by atoms with van der Waals surface area (Å²) >= 11 is 2.18. The van der Waals surface area contributed by atoms with Gasteiger partial charge in [-0.15, -0.1) is 0 Å². The molecule has 4 heteroatoms. The molecule has 1 aromatic carbocycles. The maximum Gasteiger partial charge on any atom is 0.298 e. The third kappa shape index (κ3) is 2.37. The molecule has 0 aliphatic carbocycles. The van der Waals surface area contributed by atoms with Gasteiger partial charge in [0.2, 0.25) is 0 Å². The Bertz CT molecular complexity index is 454. The third-order valence-corrected chi connectivity index (χ3v) is 3.09. The first-order valence-electron chi connectivity index (χ1n) is 5.03. The van der Waals surface area contributed by atoms with Gasteiger partial charge in [0.15, 0.2) is 0 Å². The molecule has 2 rings (SSSR count). The van der Waals surface area contributed by atoms with Crippen molar-refractivity contribution >= 4 is 34.3 Å². The molecule has 1 aliphatic rings. The first-order chi connectivity index (χ1) is 7.70. The molecule has 0 bridgehead atoms. The minimum absolute atomic E-state index is 0.664. The average Bonchev–Trinajstić information content (AvgIpc) is 2.63. The van der Waals surface area contributed by atoms with E-state index in [0.29, 0.717) is 6.02 Å². The smallest absolute Gasteiger partial charge is 0.298 e. The van der Waals surface area contributed by atoms with Crippen molar-refractivity contribution in [2.24, 2.45) is 4.99 Å². The van der Waals surface area contributed by atoms with Crippen molar-refractivity contribution < 1.29 is 4.74 Å². The molecule has 16 heavy (non-hydrogen) atoms. The number of halogens is 1. The van der Waals surface area contributed by atoms with Crippen LogP contribution in [0, 0.1) is 6.92 Å². The summed E-state index contributed by atoms with van der Waals surface area (Å²) in [4.78, 5) is 6.51. The van der Waals surface area contributed by atoms with Crippen LogP contribution < -0.4 is 0 Å². The van der Waals surface area contributed by atoms with Crippen LogP contribution >= 0.6 is 22.6 Å². The van der Waals surface area contributed by atoms with Gasteiger partial charge in [0.1, 0.15) is 5.76 Å². The highest BCUT2D eigenvalue weighted by Crippen LogP contribution is 2.21. The Labute approximate surface area is 109 Å². The highest BCUT2D eigenvalue weighted by Gasteiger charge is 2.21. The Balaban J connectivity index is 2.29. The van der Waals surface area contributed by atoms with Crippen molar-refractivity contribution in [3.8, 4) is 0 Å². The quantitative estimate of drug-likeness (QED) is 0.740. The van der Waals surface area contributed by atoms with Gasteiger partial charge in [-0.05, 0) is 41.1 Å². The molecule has 0 saturated carbocycles. The van der Waals surface area contributed by atoms with Crippen LogP contribution in [0.5, 0.6) is 0 Å². The SMILES string of the molecule is Cc1ccccc1N=C1O/C(=C\I)CN1C. The van der Waals surface area contributed by atoms with E-state index in [-0.39, 0.29) is 0 Å². The average molecular weight is 328 g/mol. The van der Waals surface area contributed by atoms with E-state index in [4.69, 9.17) is 4.74 Å². The molecular formula is C12H13IN2O. The molecule has 84 valence electrons. The minimum atomic E-state index is 0.664. The zero-order chi connectivity index (χ0) is 11.5. The first kappa shape index (κ1) is 11.4. The zero-order valence-corrected chi connectivity index (χ0v) is 11.4. The molecule has 0 spiro atoms. The summed E-state index contributed by atoms with van der Waals surface area (Å²) in [5.74, 6) is 0.940. The number of para-hydroxylation sites is 1. The van der Waals surface area contributed by atoms with E-state index in [9.17, 15) is 0 Å². The second kappa shape index (κ2) is 4.86. The van der Waals surface area contributed by atoms with Crippen molar-refractivity contribution in [3.63, 3.8) is 0 Å². The second-order valence-corrected chi connectivity index (χ2v) is 4.34. The molecule has 1 fully saturated rings. The lowest BCUT2D eigenvalue weighted by atomic mass is 10.2. The van der Waals surface area contributed by atoms with Crippen molar-refractivity contribution in [2.75, 3.05) is 13.6 Å². The summed E-state index contributed by atoms with van der Waals surface area (Å²) in [7, 11) is 1.98. The fourth-order valence-electron chi connectivity index (χ4n) is 1.49.